The molecule has 21 heavy (non-hydrogen) atoms. The highest BCUT2D eigenvalue weighted by Gasteiger charge is 2.55. The fourth-order valence-corrected chi connectivity index (χ4v) is 3.82. The van der Waals surface area contributed by atoms with E-state index in [1.165, 1.54) is 19.2 Å². The van der Waals surface area contributed by atoms with Crippen LogP contribution in [0.3, 0.4) is 0 Å². The molecule has 2 aliphatic rings. The number of nitrogens with zero attached hydrogens (tertiary/aromatic N) is 1. The molecule has 0 saturated carbocycles. The van der Waals surface area contributed by atoms with Crippen LogP contribution in [0.1, 0.15) is 24.8 Å². The first-order valence-corrected chi connectivity index (χ1v) is 7.43. The Kier molecular flexibility index (Phi) is 3.61. The summed E-state index contributed by atoms with van der Waals surface area (Å²) in [6.45, 7) is 3.74. The quantitative estimate of drug-likeness (QED) is 0.868. The highest BCUT2D eigenvalue weighted by Crippen LogP contribution is 2.39. The highest BCUT2D eigenvalue weighted by molar-refractivity contribution is 5.86. The molecule has 0 bridgehead atoms. The average molecular weight is 292 g/mol. The van der Waals surface area contributed by atoms with Gasteiger partial charge in [-0.3, -0.25) is 4.90 Å². The number of hydrogen-bond acceptors (Lipinski definition) is 4. The van der Waals surface area contributed by atoms with Gasteiger partial charge in [0.2, 0.25) is 0 Å². The van der Waals surface area contributed by atoms with Crippen LogP contribution in [0.5, 0.6) is 0 Å². The average Bonchev–Trinajstić information content (AvgIpc) is 3.01. The summed E-state index contributed by atoms with van der Waals surface area (Å²) in [4.78, 5) is 14.8. The molecular formula is C16H21FN2O2. The second-order valence-corrected chi connectivity index (χ2v) is 6.05. The van der Waals surface area contributed by atoms with Gasteiger partial charge in [0, 0.05) is 18.3 Å². The maximum absolute atomic E-state index is 13.6. The number of carbonyl (C=O) groups is 1. The summed E-state index contributed by atoms with van der Waals surface area (Å²) < 4.78 is 18.7. The lowest BCUT2D eigenvalue weighted by Gasteiger charge is -2.34. The molecule has 2 atom stereocenters. The maximum Gasteiger partial charge on any atom is 0.333 e. The molecule has 2 heterocycles. The third-order valence-electron chi connectivity index (χ3n) is 4.69. The lowest BCUT2D eigenvalue weighted by Crippen LogP contribution is -2.54. The molecule has 0 amide bonds. The summed E-state index contributed by atoms with van der Waals surface area (Å²) in [7, 11) is 1.42. The number of anilines is 1. The predicted octanol–water partition coefficient (Wildman–Crippen LogP) is 2.33. The van der Waals surface area contributed by atoms with Gasteiger partial charge < -0.3 is 10.1 Å². The van der Waals surface area contributed by atoms with Gasteiger partial charge in [-0.25, -0.2) is 9.18 Å². The van der Waals surface area contributed by atoms with E-state index in [4.69, 9.17) is 4.74 Å². The molecule has 0 aromatic heterocycles. The van der Waals surface area contributed by atoms with Crippen molar-refractivity contribution in [2.75, 3.05) is 25.5 Å². The van der Waals surface area contributed by atoms with Crippen LogP contribution in [0, 0.1) is 12.7 Å². The van der Waals surface area contributed by atoms with Crippen molar-refractivity contribution >= 4 is 11.7 Å². The molecule has 2 unspecified atom stereocenters. The predicted molar refractivity (Wildman–Crippen MR) is 78.7 cm³/mol. The van der Waals surface area contributed by atoms with Crippen LogP contribution >= 0.6 is 0 Å². The molecule has 3 rings (SSSR count). The fourth-order valence-electron chi connectivity index (χ4n) is 3.82. The molecule has 2 fully saturated rings. The van der Waals surface area contributed by atoms with Crippen LogP contribution in [0.25, 0.3) is 0 Å². The number of rotatable bonds is 3. The van der Waals surface area contributed by atoms with E-state index in [2.05, 4.69) is 10.2 Å². The summed E-state index contributed by atoms with van der Waals surface area (Å²) in [5, 5.41) is 3.30. The van der Waals surface area contributed by atoms with Crippen LogP contribution in [0.15, 0.2) is 18.2 Å². The topological polar surface area (TPSA) is 41.6 Å². The molecule has 2 saturated heterocycles. The first-order valence-electron chi connectivity index (χ1n) is 7.43. The van der Waals surface area contributed by atoms with Crippen molar-refractivity contribution in [1.82, 2.24) is 4.90 Å². The Morgan fingerprint density at radius 1 is 1.43 bits per heavy atom. The second kappa shape index (κ2) is 5.30. The third-order valence-corrected chi connectivity index (χ3v) is 4.69. The fraction of sp³-hybridized carbons (Fsp3) is 0.562. The third kappa shape index (κ3) is 2.39. The number of halogens is 1. The van der Waals surface area contributed by atoms with Crippen LogP contribution in [0.2, 0.25) is 0 Å². The van der Waals surface area contributed by atoms with E-state index in [0.29, 0.717) is 12.1 Å². The van der Waals surface area contributed by atoms with E-state index in [1.54, 1.807) is 0 Å². The van der Waals surface area contributed by atoms with Crippen molar-refractivity contribution in [2.24, 2.45) is 0 Å². The van der Waals surface area contributed by atoms with Crippen molar-refractivity contribution in [1.29, 1.82) is 0 Å². The SMILES string of the molecule is COC(=O)C1(Nc2cc(C)cc(F)c2)CCN2CCCC21. The monoisotopic (exact) mass is 292 g/mol. The smallest absolute Gasteiger partial charge is 0.333 e. The van der Waals surface area contributed by atoms with Gasteiger partial charge in [-0.2, -0.15) is 0 Å². The molecule has 0 radical (unpaired) electrons. The van der Waals surface area contributed by atoms with Crippen LogP contribution in [-0.4, -0.2) is 42.6 Å². The van der Waals surface area contributed by atoms with Gasteiger partial charge in [-0.1, -0.05) is 0 Å². The zero-order valence-corrected chi connectivity index (χ0v) is 12.5. The molecule has 2 aliphatic heterocycles. The Morgan fingerprint density at radius 3 is 2.95 bits per heavy atom. The van der Waals surface area contributed by atoms with Gasteiger partial charge in [0.05, 0.1) is 7.11 Å². The van der Waals surface area contributed by atoms with Gasteiger partial charge in [-0.15, -0.1) is 0 Å². The number of hydrogen-bond donors (Lipinski definition) is 1. The van der Waals surface area contributed by atoms with Gasteiger partial charge in [0.25, 0.3) is 0 Å². The minimum absolute atomic E-state index is 0.133. The van der Waals surface area contributed by atoms with Gasteiger partial charge in [-0.05, 0) is 56.5 Å². The van der Waals surface area contributed by atoms with E-state index < -0.39 is 5.54 Å². The van der Waals surface area contributed by atoms with Crippen LogP contribution < -0.4 is 5.32 Å². The normalized spacial score (nSPS) is 28.4. The van der Waals surface area contributed by atoms with Crippen molar-refractivity contribution in [3.05, 3.63) is 29.6 Å². The molecule has 0 aliphatic carbocycles. The first kappa shape index (κ1) is 14.3. The number of aryl methyl sites for hydroxylation is 1. The summed E-state index contributed by atoms with van der Waals surface area (Å²) in [6.07, 6.45) is 2.75. The van der Waals surface area contributed by atoms with E-state index >= 15 is 0 Å². The molecule has 4 nitrogen and oxygen atoms in total. The molecular weight excluding hydrogens is 271 g/mol. The Balaban J connectivity index is 1.95. The number of nitrogens with one attached hydrogen (secondary N) is 1. The van der Waals surface area contributed by atoms with E-state index in [9.17, 15) is 9.18 Å². The van der Waals surface area contributed by atoms with Crippen molar-refractivity contribution in [2.45, 2.75) is 37.8 Å². The van der Waals surface area contributed by atoms with Crippen LogP contribution in [-0.2, 0) is 9.53 Å². The minimum atomic E-state index is -0.758. The van der Waals surface area contributed by atoms with Crippen molar-refractivity contribution < 1.29 is 13.9 Å². The van der Waals surface area contributed by atoms with E-state index in [1.807, 2.05) is 13.0 Å². The molecule has 5 heteroatoms. The number of methoxy groups -OCH3 is 1. The molecule has 0 spiro atoms. The number of ether oxygens (including phenoxy) is 1. The Bertz CT molecular complexity index is 543. The molecule has 1 N–H and O–H groups in total. The Morgan fingerprint density at radius 2 is 2.24 bits per heavy atom. The lowest BCUT2D eigenvalue weighted by molar-refractivity contribution is -0.146. The number of benzene rings is 1. The lowest BCUT2D eigenvalue weighted by atomic mass is 9.88. The van der Waals surface area contributed by atoms with Crippen LogP contribution in [0.4, 0.5) is 10.1 Å². The molecule has 1 aromatic rings. The standard InChI is InChI=1S/C16H21FN2O2/c1-11-8-12(17)10-13(9-11)18-16(15(20)21-2)5-7-19-6-3-4-14(16)19/h8-10,14,18H,3-7H2,1-2H3. The molecule has 114 valence electrons. The summed E-state index contributed by atoms with van der Waals surface area (Å²) in [5.41, 5.74) is 0.719. The highest BCUT2D eigenvalue weighted by atomic mass is 19.1. The summed E-state index contributed by atoms with van der Waals surface area (Å²) in [5.74, 6) is -0.544. The number of carbonyl (C=O) groups excluding carboxylic acids is 1. The molecule has 1 aromatic carbocycles. The maximum atomic E-state index is 13.6. The zero-order valence-electron chi connectivity index (χ0n) is 12.5. The summed E-state index contributed by atoms with van der Waals surface area (Å²) in [6, 6.07) is 4.92. The van der Waals surface area contributed by atoms with Gasteiger partial charge >= 0.3 is 5.97 Å². The number of esters is 1. The van der Waals surface area contributed by atoms with E-state index in [0.717, 1.165) is 31.5 Å². The largest absolute Gasteiger partial charge is 0.467 e. The first-order chi connectivity index (χ1) is 10.0. The minimum Gasteiger partial charge on any atom is -0.467 e. The van der Waals surface area contributed by atoms with Gasteiger partial charge in [0.1, 0.15) is 5.82 Å². The van der Waals surface area contributed by atoms with Crippen molar-refractivity contribution in [3.8, 4) is 0 Å². The Hall–Kier alpha value is -1.62. The zero-order chi connectivity index (χ0) is 15.0. The van der Waals surface area contributed by atoms with Crippen molar-refractivity contribution in [3.63, 3.8) is 0 Å². The van der Waals surface area contributed by atoms with Gasteiger partial charge in [0.15, 0.2) is 5.54 Å². The number of fused-ring (bicyclic) bond motifs is 1. The van der Waals surface area contributed by atoms with E-state index in [-0.39, 0.29) is 17.8 Å². The Labute approximate surface area is 124 Å². The second-order valence-electron chi connectivity index (χ2n) is 6.05. The summed E-state index contributed by atoms with van der Waals surface area (Å²) >= 11 is 0.